The summed E-state index contributed by atoms with van der Waals surface area (Å²) >= 11 is 0. The molecule has 0 saturated heterocycles. The maximum Gasteiger partial charge on any atom is 0.158 e. The second-order valence-electron chi connectivity index (χ2n) is 2.84. The van der Waals surface area contributed by atoms with Crippen LogP contribution in [0.5, 0.6) is 0 Å². The quantitative estimate of drug-likeness (QED) is 0.486. The predicted octanol–water partition coefficient (Wildman–Crippen LogP) is -0.550. The van der Waals surface area contributed by atoms with Crippen LogP contribution in [0.3, 0.4) is 0 Å². The topological polar surface area (TPSA) is 81.5 Å². The summed E-state index contributed by atoms with van der Waals surface area (Å²) in [6, 6.07) is -0.419. The molecule has 0 saturated carbocycles. The molecule has 0 aliphatic heterocycles. The van der Waals surface area contributed by atoms with E-state index in [1.807, 2.05) is 0 Å². The summed E-state index contributed by atoms with van der Waals surface area (Å²) in [7, 11) is 0. The van der Waals surface area contributed by atoms with E-state index in [0.29, 0.717) is 0 Å². The number of ether oxygens (including phenoxy) is 1. The van der Waals surface area contributed by atoms with Crippen molar-refractivity contribution in [1.29, 1.82) is 0 Å². The summed E-state index contributed by atoms with van der Waals surface area (Å²) in [5.41, 5.74) is 10.3. The Balaban J connectivity index is 2.69. The number of hydrogen-bond donors (Lipinski definition) is 3. The molecule has 3 unspecified atom stereocenters. The van der Waals surface area contributed by atoms with Gasteiger partial charge in [0.25, 0.3) is 0 Å². The third-order valence-corrected chi connectivity index (χ3v) is 1.68. The lowest BCUT2D eigenvalue weighted by Gasteiger charge is -2.33. The Kier molecular flexibility index (Phi) is 2.64. The molecule has 3 atom stereocenters. The van der Waals surface area contributed by atoms with Crippen LogP contribution in [0.25, 0.3) is 0 Å². The molecule has 0 aromatic carbocycles. The van der Waals surface area contributed by atoms with Crippen molar-refractivity contribution in [2.24, 2.45) is 11.5 Å². The number of allylic oxidation sites excluding steroid dienone is 2. The lowest BCUT2D eigenvalue weighted by Crippen LogP contribution is -2.57. The van der Waals surface area contributed by atoms with Crippen molar-refractivity contribution >= 4 is 0 Å². The number of aliphatic hydroxyl groups is 1. The SMILES string of the molecule is CC(O)OC1(N)C=CC=CC1N. The summed E-state index contributed by atoms with van der Waals surface area (Å²) in [5, 5.41) is 8.97. The first-order valence-corrected chi connectivity index (χ1v) is 3.81. The minimum Gasteiger partial charge on any atom is -0.368 e. The van der Waals surface area contributed by atoms with Crippen molar-refractivity contribution in [3.8, 4) is 0 Å². The van der Waals surface area contributed by atoms with Gasteiger partial charge < -0.3 is 15.6 Å². The van der Waals surface area contributed by atoms with E-state index in [0.717, 1.165) is 0 Å². The average Bonchev–Trinajstić information content (AvgIpc) is 1.94. The Labute approximate surface area is 71.5 Å². The van der Waals surface area contributed by atoms with E-state index in [1.165, 1.54) is 6.92 Å². The van der Waals surface area contributed by atoms with Crippen LogP contribution >= 0.6 is 0 Å². The van der Waals surface area contributed by atoms with Crippen LogP contribution in [0.2, 0.25) is 0 Å². The normalized spacial score (nSPS) is 36.8. The third kappa shape index (κ3) is 1.92. The maximum absolute atomic E-state index is 8.97. The largest absolute Gasteiger partial charge is 0.368 e. The fraction of sp³-hybridized carbons (Fsp3) is 0.500. The zero-order valence-corrected chi connectivity index (χ0v) is 6.97. The van der Waals surface area contributed by atoms with Crippen molar-refractivity contribution in [1.82, 2.24) is 0 Å². The van der Waals surface area contributed by atoms with E-state index >= 15 is 0 Å². The van der Waals surface area contributed by atoms with Gasteiger partial charge in [0.05, 0.1) is 6.04 Å². The van der Waals surface area contributed by atoms with Crippen molar-refractivity contribution in [2.45, 2.75) is 25.0 Å². The van der Waals surface area contributed by atoms with Crippen LogP contribution in [0.4, 0.5) is 0 Å². The van der Waals surface area contributed by atoms with Crippen LogP contribution in [-0.4, -0.2) is 23.2 Å². The van der Waals surface area contributed by atoms with Crippen LogP contribution in [-0.2, 0) is 4.74 Å². The number of hydrogen-bond acceptors (Lipinski definition) is 4. The molecule has 0 aromatic heterocycles. The lowest BCUT2D eigenvalue weighted by molar-refractivity contribution is -0.158. The number of nitrogens with two attached hydrogens (primary N) is 2. The van der Waals surface area contributed by atoms with Gasteiger partial charge in [-0.3, -0.25) is 5.73 Å². The first-order valence-electron chi connectivity index (χ1n) is 3.81. The highest BCUT2D eigenvalue weighted by atomic mass is 16.6. The van der Waals surface area contributed by atoms with Crippen LogP contribution in [0, 0.1) is 0 Å². The van der Waals surface area contributed by atoms with Crippen LogP contribution < -0.4 is 11.5 Å². The minimum absolute atomic E-state index is 0.419. The zero-order valence-electron chi connectivity index (χ0n) is 6.97. The van der Waals surface area contributed by atoms with Crippen LogP contribution in [0.15, 0.2) is 24.3 Å². The summed E-state index contributed by atoms with van der Waals surface area (Å²) in [6.07, 6.45) is 5.97. The van der Waals surface area contributed by atoms with Gasteiger partial charge in [-0.05, 0) is 13.0 Å². The highest BCUT2D eigenvalue weighted by molar-refractivity contribution is 5.22. The molecule has 68 valence electrons. The van der Waals surface area contributed by atoms with Gasteiger partial charge in [0, 0.05) is 0 Å². The fourth-order valence-electron chi connectivity index (χ4n) is 1.06. The molecular formula is C8H14N2O2. The summed E-state index contributed by atoms with van der Waals surface area (Å²) in [4.78, 5) is 0. The fourth-order valence-corrected chi connectivity index (χ4v) is 1.06. The monoisotopic (exact) mass is 170 g/mol. The molecule has 1 aliphatic carbocycles. The highest BCUT2D eigenvalue weighted by Gasteiger charge is 2.31. The second-order valence-corrected chi connectivity index (χ2v) is 2.84. The summed E-state index contributed by atoms with van der Waals surface area (Å²) < 4.78 is 5.06. The molecule has 0 radical (unpaired) electrons. The van der Waals surface area contributed by atoms with E-state index in [1.54, 1.807) is 24.3 Å². The molecule has 4 nitrogen and oxygen atoms in total. The molecule has 1 rings (SSSR count). The Morgan fingerprint density at radius 1 is 1.58 bits per heavy atom. The molecule has 5 N–H and O–H groups in total. The van der Waals surface area contributed by atoms with E-state index in [4.69, 9.17) is 21.3 Å². The maximum atomic E-state index is 8.97. The van der Waals surface area contributed by atoms with Gasteiger partial charge >= 0.3 is 0 Å². The molecule has 0 fully saturated rings. The average molecular weight is 170 g/mol. The Morgan fingerprint density at radius 3 is 2.75 bits per heavy atom. The molecule has 1 aliphatic rings. The number of rotatable bonds is 2. The molecule has 0 aromatic rings. The predicted molar refractivity (Wildman–Crippen MR) is 45.9 cm³/mol. The van der Waals surface area contributed by atoms with E-state index in [2.05, 4.69) is 0 Å². The van der Waals surface area contributed by atoms with Gasteiger partial charge in [0.1, 0.15) is 0 Å². The molecule has 12 heavy (non-hydrogen) atoms. The number of aliphatic hydroxyl groups excluding tert-OH is 1. The minimum atomic E-state index is -1.08. The summed E-state index contributed by atoms with van der Waals surface area (Å²) in [6.45, 7) is 1.49. The Bertz CT molecular complexity index is 213. The van der Waals surface area contributed by atoms with Gasteiger partial charge in [-0.2, -0.15) is 0 Å². The Hall–Kier alpha value is -0.680. The van der Waals surface area contributed by atoms with E-state index in [-0.39, 0.29) is 0 Å². The Morgan fingerprint density at radius 2 is 2.25 bits per heavy atom. The lowest BCUT2D eigenvalue weighted by atomic mass is 10.0. The van der Waals surface area contributed by atoms with Crippen LogP contribution in [0.1, 0.15) is 6.92 Å². The van der Waals surface area contributed by atoms with Crippen molar-refractivity contribution in [3.05, 3.63) is 24.3 Å². The molecule has 4 heteroatoms. The molecule has 0 heterocycles. The first-order chi connectivity index (χ1) is 5.54. The van der Waals surface area contributed by atoms with Gasteiger partial charge in [-0.1, -0.05) is 18.2 Å². The van der Waals surface area contributed by atoms with Gasteiger partial charge in [0.15, 0.2) is 12.0 Å². The van der Waals surface area contributed by atoms with Crippen molar-refractivity contribution < 1.29 is 9.84 Å². The van der Waals surface area contributed by atoms with Crippen molar-refractivity contribution in [3.63, 3.8) is 0 Å². The van der Waals surface area contributed by atoms with E-state index < -0.39 is 18.1 Å². The highest BCUT2D eigenvalue weighted by Crippen LogP contribution is 2.16. The van der Waals surface area contributed by atoms with Gasteiger partial charge in [-0.25, -0.2) is 0 Å². The standard InChI is InChI=1S/C8H14N2O2/c1-6(11)12-8(10)5-3-2-4-7(8)9/h2-7,11H,9-10H2,1H3. The van der Waals surface area contributed by atoms with Gasteiger partial charge in [0.2, 0.25) is 0 Å². The summed E-state index contributed by atoms with van der Waals surface area (Å²) in [5.74, 6) is 0. The molecule has 0 amide bonds. The molecule has 0 bridgehead atoms. The smallest absolute Gasteiger partial charge is 0.158 e. The molecular weight excluding hydrogens is 156 g/mol. The first kappa shape index (κ1) is 9.41. The van der Waals surface area contributed by atoms with E-state index in [9.17, 15) is 0 Å². The second kappa shape index (κ2) is 3.37. The van der Waals surface area contributed by atoms with Gasteiger partial charge in [-0.15, -0.1) is 0 Å². The third-order valence-electron chi connectivity index (χ3n) is 1.68. The zero-order chi connectivity index (χ0) is 9.19. The molecule has 0 spiro atoms. The van der Waals surface area contributed by atoms with Crippen molar-refractivity contribution in [2.75, 3.05) is 0 Å².